The molecule has 6 heteroatoms. The van der Waals surface area contributed by atoms with Crippen LogP contribution in [0.4, 0.5) is 17.1 Å². The first kappa shape index (κ1) is 14.2. The molecule has 0 spiro atoms. The Kier molecular flexibility index (Phi) is 4.12. The van der Waals surface area contributed by atoms with Crippen LogP contribution >= 0.6 is 0 Å². The quantitative estimate of drug-likeness (QED) is 0.717. The van der Waals surface area contributed by atoms with Crippen LogP contribution in [0.2, 0.25) is 0 Å². The minimum absolute atomic E-state index is 0.0224. The minimum atomic E-state index is 0.0224. The van der Waals surface area contributed by atoms with Gasteiger partial charge < -0.3 is 21.3 Å². The van der Waals surface area contributed by atoms with Crippen LogP contribution in [0.15, 0.2) is 12.1 Å². The molecule has 0 fully saturated rings. The molecule has 0 bridgehead atoms. The number of anilines is 3. The largest absolute Gasteiger partial charge is 0.397 e. The predicted molar refractivity (Wildman–Crippen MR) is 79.6 cm³/mol. The van der Waals surface area contributed by atoms with Crippen molar-refractivity contribution in [2.75, 3.05) is 37.0 Å². The smallest absolute Gasteiger partial charge is 0.224 e. The highest BCUT2D eigenvalue weighted by Gasteiger charge is 2.16. The number of benzene rings is 1. The number of nitrogens with two attached hydrogens (primary N) is 1. The lowest BCUT2D eigenvalue weighted by Gasteiger charge is -2.20. The van der Waals surface area contributed by atoms with Crippen molar-refractivity contribution in [3.63, 3.8) is 0 Å². The molecule has 0 aromatic heterocycles. The third-order valence-electron chi connectivity index (χ3n) is 3.32. The molecule has 0 aliphatic carbocycles. The van der Waals surface area contributed by atoms with Gasteiger partial charge in [0, 0.05) is 39.2 Å². The Labute approximate surface area is 118 Å². The summed E-state index contributed by atoms with van der Waals surface area (Å²) >= 11 is 0. The van der Waals surface area contributed by atoms with E-state index in [1.54, 1.807) is 25.1 Å². The van der Waals surface area contributed by atoms with E-state index < -0.39 is 0 Å². The molecule has 0 atom stereocenters. The summed E-state index contributed by atoms with van der Waals surface area (Å²) in [4.78, 5) is 24.4. The van der Waals surface area contributed by atoms with Gasteiger partial charge in [-0.1, -0.05) is 0 Å². The third-order valence-corrected chi connectivity index (χ3v) is 3.32. The zero-order valence-corrected chi connectivity index (χ0v) is 11.8. The minimum Gasteiger partial charge on any atom is -0.397 e. The maximum atomic E-state index is 11.5. The molecule has 1 aromatic rings. The fourth-order valence-corrected chi connectivity index (χ4v) is 2.13. The van der Waals surface area contributed by atoms with Crippen molar-refractivity contribution >= 4 is 28.9 Å². The standard InChI is InChI=1S/C14H20N4O2/c1-18(2)14(20)5-6-16-12-7-9-3-4-13(19)17-11(9)8-10(12)15/h7-8,16H,3-6,15H2,1-2H3,(H,17,19). The molecule has 108 valence electrons. The van der Waals surface area contributed by atoms with Gasteiger partial charge in [-0.25, -0.2) is 0 Å². The van der Waals surface area contributed by atoms with Crippen molar-refractivity contribution < 1.29 is 9.59 Å². The van der Waals surface area contributed by atoms with Crippen molar-refractivity contribution in [3.8, 4) is 0 Å². The van der Waals surface area contributed by atoms with E-state index in [0.29, 0.717) is 31.5 Å². The van der Waals surface area contributed by atoms with Gasteiger partial charge in [0.2, 0.25) is 11.8 Å². The number of hydrogen-bond acceptors (Lipinski definition) is 4. The number of carbonyl (C=O) groups is 2. The van der Waals surface area contributed by atoms with Gasteiger partial charge in [0.15, 0.2) is 0 Å². The maximum absolute atomic E-state index is 11.5. The zero-order valence-electron chi connectivity index (χ0n) is 11.8. The fourth-order valence-electron chi connectivity index (χ4n) is 2.13. The first-order chi connectivity index (χ1) is 9.47. The van der Waals surface area contributed by atoms with Gasteiger partial charge in [-0.15, -0.1) is 0 Å². The number of aryl methyl sites for hydroxylation is 1. The number of amides is 2. The normalized spacial score (nSPS) is 13.4. The fraction of sp³-hybridized carbons (Fsp3) is 0.429. The van der Waals surface area contributed by atoms with Crippen molar-refractivity contribution in [2.45, 2.75) is 19.3 Å². The topological polar surface area (TPSA) is 87.5 Å². The monoisotopic (exact) mass is 276 g/mol. The lowest BCUT2D eigenvalue weighted by atomic mass is 10.0. The average Bonchev–Trinajstić information content (AvgIpc) is 2.39. The number of nitrogen functional groups attached to an aromatic ring is 1. The van der Waals surface area contributed by atoms with Crippen LogP contribution in [0.3, 0.4) is 0 Å². The zero-order chi connectivity index (χ0) is 14.7. The molecule has 0 unspecified atom stereocenters. The first-order valence-corrected chi connectivity index (χ1v) is 6.63. The molecular weight excluding hydrogens is 256 g/mol. The average molecular weight is 276 g/mol. The number of rotatable bonds is 4. The molecule has 0 saturated carbocycles. The third kappa shape index (κ3) is 3.20. The van der Waals surface area contributed by atoms with E-state index in [0.717, 1.165) is 16.9 Å². The Morgan fingerprint density at radius 1 is 1.40 bits per heavy atom. The molecule has 2 amide bonds. The summed E-state index contributed by atoms with van der Waals surface area (Å²) in [6.07, 6.45) is 1.63. The number of fused-ring (bicyclic) bond motifs is 1. The molecule has 1 aromatic carbocycles. The molecule has 0 saturated heterocycles. The highest BCUT2D eigenvalue weighted by molar-refractivity contribution is 5.95. The number of carbonyl (C=O) groups excluding carboxylic acids is 2. The molecule has 0 radical (unpaired) electrons. The van der Waals surface area contributed by atoms with E-state index in [-0.39, 0.29) is 11.8 Å². The summed E-state index contributed by atoms with van der Waals surface area (Å²) in [6, 6.07) is 3.72. The van der Waals surface area contributed by atoms with E-state index in [4.69, 9.17) is 5.73 Å². The molecule has 1 heterocycles. The molecule has 1 aliphatic rings. The van der Waals surface area contributed by atoms with Crippen molar-refractivity contribution in [1.82, 2.24) is 4.90 Å². The second-order valence-electron chi connectivity index (χ2n) is 5.11. The molecule has 4 N–H and O–H groups in total. The number of hydrogen-bond donors (Lipinski definition) is 3. The van der Waals surface area contributed by atoms with Gasteiger partial charge in [-0.05, 0) is 24.1 Å². The van der Waals surface area contributed by atoms with Gasteiger partial charge in [0.05, 0.1) is 11.4 Å². The summed E-state index contributed by atoms with van der Waals surface area (Å²) in [5.74, 6) is 0.0930. The molecule has 1 aliphatic heterocycles. The highest BCUT2D eigenvalue weighted by Crippen LogP contribution is 2.30. The molecular formula is C14H20N4O2. The van der Waals surface area contributed by atoms with Crippen LogP contribution in [-0.2, 0) is 16.0 Å². The Morgan fingerprint density at radius 2 is 2.15 bits per heavy atom. The van der Waals surface area contributed by atoms with E-state index >= 15 is 0 Å². The summed E-state index contributed by atoms with van der Waals surface area (Å²) < 4.78 is 0. The van der Waals surface area contributed by atoms with Crippen LogP contribution in [0.5, 0.6) is 0 Å². The first-order valence-electron chi connectivity index (χ1n) is 6.63. The van der Waals surface area contributed by atoms with E-state index in [9.17, 15) is 9.59 Å². The number of nitrogens with zero attached hydrogens (tertiary/aromatic N) is 1. The molecule has 2 rings (SSSR count). The van der Waals surface area contributed by atoms with Crippen LogP contribution in [0.25, 0.3) is 0 Å². The highest BCUT2D eigenvalue weighted by atomic mass is 16.2. The van der Waals surface area contributed by atoms with Crippen molar-refractivity contribution in [1.29, 1.82) is 0 Å². The van der Waals surface area contributed by atoms with Crippen molar-refractivity contribution in [2.24, 2.45) is 0 Å². The van der Waals surface area contributed by atoms with E-state index in [1.807, 2.05) is 6.07 Å². The van der Waals surface area contributed by atoms with Crippen molar-refractivity contribution in [3.05, 3.63) is 17.7 Å². The summed E-state index contributed by atoms with van der Waals surface area (Å²) in [5.41, 5.74) is 9.20. The lowest BCUT2D eigenvalue weighted by molar-refractivity contribution is -0.128. The van der Waals surface area contributed by atoms with Gasteiger partial charge in [0.1, 0.15) is 0 Å². The van der Waals surface area contributed by atoms with Gasteiger partial charge >= 0.3 is 0 Å². The molecule has 6 nitrogen and oxygen atoms in total. The van der Waals surface area contributed by atoms with Crippen LogP contribution in [0.1, 0.15) is 18.4 Å². The summed E-state index contributed by atoms with van der Waals surface area (Å²) in [5, 5.41) is 5.98. The van der Waals surface area contributed by atoms with Crippen LogP contribution in [-0.4, -0.2) is 37.4 Å². The Bertz CT molecular complexity index is 540. The van der Waals surface area contributed by atoms with Crippen LogP contribution in [0, 0.1) is 0 Å². The maximum Gasteiger partial charge on any atom is 0.224 e. The van der Waals surface area contributed by atoms with Gasteiger partial charge in [-0.3, -0.25) is 9.59 Å². The Hall–Kier alpha value is -2.24. The Morgan fingerprint density at radius 3 is 2.85 bits per heavy atom. The lowest BCUT2D eigenvalue weighted by Crippen LogP contribution is -2.24. The van der Waals surface area contributed by atoms with E-state index in [1.165, 1.54) is 0 Å². The number of nitrogens with one attached hydrogen (secondary N) is 2. The molecule has 20 heavy (non-hydrogen) atoms. The van der Waals surface area contributed by atoms with Crippen LogP contribution < -0.4 is 16.4 Å². The second kappa shape index (κ2) is 5.81. The van der Waals surface area contributed by atoms with Gasteiger partial charge in [0.25, 0.3) is 0 Å². The summed E-state index contributed by atoms with van der Waals surface area (Å²) in [7, 11) is 3.47. The van der Waals surface area contributed by atoms with Gasteiger partial charge in [-0.2, -0.15) is 0 Å². The SMILES string of the molecule is CN(C)C(=O)CCNc1cc2c(cc1N)NC(=O)CC2. The van der Waals surface area contributed by atoms with E-state index in [2.05, 4.69) is 10.6 Å². The predicted octanol–water partition coefficient (Wildman–Crippen LogP) is 1.04. The summed E-state index contributed by atoms with van der Waals surface area (Å²) in [6.45, 7) is 0.534. The Balaban J connectivity index is 2.02. The second-order valence-corrected chi connectivity index (χ2v) is 5.11.